The van der Waals surface area contributed by atoms with E-state index in [0.717, 1.165) is 12.1 Å². The number of piperidine rings is 1. The molecule has 0 atom stereocenters. The summed E-state index contributed by atoms with van der Waals surface area (Å²) in [6, 6.07) is 9.41. The highest BCUT2D eigenvalue weighted by Crippen LogP contribution is 2.37. The summed E-state index contributed by atoms with van der Waals surface area (Å²) in [7, 11) is 0. The van der Waals surface area contributed by atoms with Gasteiger partial charge in [0.15, 0.2) is 5.78 Å². The second-order valence-electron chi connectivity index (χ2n) is 10.2. The van der Waals surface area contributed by atoms with Crippen molar-refractivity contribution in [3.63, 3.8) is 0 Å². The number of hydrogen-bond acceptors (Lipinski definition) is 4. The summed E-state index contributed by atoms with van der Waals surface area (Å²) < 4.78 is 53.3. The molecule has 36 heavy (non-hydrogen) atoms. The van der Waals surface area contributed by atoms with E-state index in [2.05, 4.69) is 4.90 Å². The van der Waals surface area contributed by atoms with Gasteiger partial charge in [-0.05, 0) is 89.4 Å². The predicted molar refractivity (Wildman–Crippen MR) is 134 cm³/mol. The molecule has 2 aromatic rings. The third-order valence-electron chi connectivity index (χ3n) is 6.94. The van der Waals surface area contributed by atoms with Gasteiger partial charge in [-0.1, -0.05) is 12.1 Å². The van der Waals surface area contributed by atoms with Gasteiger partial charge >= 0.3 is 6.18 Å². The molecule has 0 amide bonds. The third kappa shape index (κ3) is 6.65. The van der Waals surface area contributed by atoms with E-state index >= 15 is 0 Å². The summed E-state index contributed by atoms with van der Waals surface area (Å²) >= 11 is 0. The molecule has 1 saturated heterocycles. The average molecular weight is 509 g/mol. The highest BCUT2D eigenvalue weighted by Gasteiger charge is 2.37. The first-order valence-corrected chi connectivity index (χ1v) is 12.6. The Labute approximate surface area is 210 Å². The van der Waals surface area contributed by atoms with Crippen molar-refractivity contribution >= 4 is 11.5 Å². The van der Waals surface area contributed by atoms with Crippen molar-refractivity contribution in [2.24, 2.45) is 0 Å². The van der Waals surface area contributed by atoms with E-state index in [0.29, 0.717) is 56.6 Å². The number of halogens is 4. The van der Waals surface area contributed by atoms with Gasteiger partial charge in [0.05, 0.1) is 16.9 Å². The molecule has 1 aliphatic heterocycles. The van der Waals surface area contributed by atoms with Crippen LogP contribution in [0.1, 0.15) is 74.9 Å². The predicted octanol–water partition coefficient (Wildman–Crippen LogP) is 6.41. The molecule has 198 valence electrons. The van der Waals surface area contributed by atoms with Gasteiger partial charge in [0.25, 0.3) is 0 Å². The zero-order chi connectivity index (χ0) is 26.7. The summed E-state index contributed by atoms with van der Waals surface area (Å²) in [4.78, 5) is 17.2. The number of hydrogen-bond donors (Lipinski definition) is 1. The maximum Gasteiger partial charge on any atom is 0.416 e. The lowest BCUT2D eigenvalue weighted by Crippen LogP contribution is -2.43. The number of Topliss-reactive ketones (excluding diaryl/α,β-unsaturated/α-hetero) is 1. The van der Waals surface area contributed by atoms with Crippen LogP contribution < -0.4 is 4.90 Å². The number of anilines is 1. The summed E-state index contributed by atoms with van der Waals surface area (Å²) in [6.45, 7) is 9.73. The zero-order valence-corrected chi connectivity index (χ0v) is 21.4. The van der Waals surface area contributed by atoms with Crippen LogP contribution >= 0.6 is 0 Å². The number of likely N-dealkylation sites (tertiary alicyclic amines) is 1. The Morgan fingerprint density at radius 2 is 1.69 bits per heavy atom. The maximum atomic E-state index is 14.0. The number of rotatable bonds is 9. The minimum Gasteiger partial charge on any atom is -0.385 e. The molecule has 8 heteroatoms. The van der Waals surface area contributed by atoms with Crippen LogP contribution in [0.5, 0.6) is 0 Å². The fourth-order valence-corrected chi connectivity index (χ4v) is 5.12. The molecule has 0 saturated carbocycles. The van der Waals surface area contributed by atoms with Crippen molar-refractivity contribution in [2.45, 2.75) is 77.2 Å². The third-order valence-corrected chi connectivity index (χ3v) is 6.94. The van der Waals surface area contributed by atoms with Gasteiger partial charge in [-0.2, -0.15) is 13.2 Å². The van der Waals surface area contributed by atoms with Crippen LogP contribution in [0.25, 0.3) is 0 Å². The standard InChI is InChI=1S/C28H36F4N2O2/c1-19(2)34(20(3)4)25-18-23(29)10-11-24(25)26(35)9-6-14-33-15-12-27(36,13-16-33)21-7-5-8-22(17-21)28(30,31)32/h5,7-8,10-11,17-20,36H,6,9,12-16H2,1-4H3. The number of aliphatic hydroxyl groups is 1. The number of nitrogens with zero attached hydrogens (tertiary/aromatic N) is 2. The van der Waals surface area contributed by atoms with E-state index in [9.17, 15) is 27.5 Å². The van der Waals surface area contributed by atoms with Crippen molar-refractivity contribution < 1.29 is 27.5 Å². The molecule has 1 aliphatic rings. The molecule has 1 N–H and O–H groups in total. The Bertz CT molecular complexity index is 1040. The quantitative estimate of drug-likeness (QED) is 0.314. The Morgan fingerprint density at radius 1 is 1.06 bits per heavy atom. The molecule has 2 aromatic carbocycles. The fraction of sp³-hybridized carbons (Fsp3) is 0.536. The van der Waals surface area contributed by atoms with Gasteiger partial charge in [-0.3, -0.25) is 4.79 Å². The number of carbonyl (C=O) groups is 1. The molecule has 1 fully saturated rings. The average Bonchev–Trinajstić information content (AvgIpc) is 2.79. The number of carbonyl (C=O) groups excluding carboxylic acids is 1. The van der Waals surface area contributed by atoms with Gasteiger partial charge in [-0.25, -0.2) is 4.39 Å². The van der Waals surface area contributed by atoms with Crippen LogP contribution in [-0.2, 0) is 11.8 Å². The first-order valence-electron chi connectivity index (χ1n) is 12.6. The van der Waals surface area contributed by atoms with E-state index in [1.165, 1.54) is 18.2 Å². The van der Waals surface area contributed by atoms with Gasteiger partial charge in [0.1, 0.15) is 5.82 Å². The highest BCUT2D eigenvalue weighted by molar-refractivity contribution is 6.01. The highest BCUT2D eigenvalue weighted by atomic mass is 19.4. The number of alkyl halides is 3. The molecule has 3 rings (SSSR count). The minimum atomic E-state index is -4.45. The SMILES string of the molecule is CC(C)N(c1cc(F)ccc1C(=O)CCCN1CCC(O)(c2cccc(C(F)(F)F)c2)CC1)C(C)C. The van der Waals surface area contributed by atoms with Crippen LogP contribution in [0, 0.1) is 5.82 Å². The van der Waals surface area contributed by atoms with Gasteiger partial charge in [0, 0.05) is 37.2 Å². The largest absolute Gasteiger partial charge is 0.416 e. The first-order chi connectivity index (χ1) is 16.8. The van der Waals surface area contributed by atoms with Crippen LogP contribution in [0.2, 0.25) is 0 Å². The van der Waals surface area contributed by atoms with E-state index in [4.69, 9.17) is 0 Å². The van der Waals surface area contributed by atoms with Crippen LogP contribution in [0.3, 0.4) is 0 Å². The molecule has 0 spiro atoms. The molecule has 1 heterocycles. The van der Waals surface area contributed by atoms with Gasteiger partial charge in [0.2, 0.25) is 0 Å². The second-order valence-corrected chi connectivity index (χ2v) is 10.2. The van der Waals surface area contributed by atoms with Crippen LogP contribution in [-0.4, -0.2) is 47.5 Å². The van der Waals surface area contributed by atoms with E-state index < -0.39 is 17.3 Å². The lowest BCUT2D eigenvalue weighted by atomic mass is 9.83. The zero-order valence-electron chi connectivity index (χ0n) is 21.4. The summed E-state index contributed by atoms with van der Waals surface area (Å²) in [5, 5.41) is 11.0. The molecular weight excluding hydrogens is 472 g/mol. The molecule has 0 radical (unpaired) electrons. The minimum absolute atomic E-state index is 0.0474. The van der Waals surface area contributed by atoms with Crippen LogP contribution in [0.4, 0.5) is 23.2 Å². The van der Waals surface area contributed by atoms with Crippen molar-refractivity contribution in [1.29, 1.82) is 0 Å². The van der Waals surface area contributed by atoms with E-state index in [-0.39, 0.29) is 29.2 Å². The summed E-state index contributed by atoms with van der Waals surface area (Å²) in [5.41, 5.74) is -0.655. The monoisotopic (exact) mass is 508 g/mol. The Hall–Kier alpha value is -2.45. The Morgan fingerprint density at radius 3 is 2.28 bits per heavy atom. The van der Waals surface area contributed by atoms with Crippen molar-refractivity contribution in [1.82, 2.24) is 4.90 Å². The van der Waals surface area contributed by atoms with Crippen molar-refractivity contribution in [3.8, 4) is 0 Å². The van der Waals surface area contributed by atoms with E-state index in [1.807, 2.05) is 32.6 Å². The molecule has 0 bridgehead atoms. The molecular formula is C28H36F4N2O2. The molecule has 0 aliphatic carbocycles. The summed E-state index contributed by atoms with van der Waals surface area (Å²) in [5.74, 6) is -0.428. The summed E-state index contributed by atoms with van der Waals surface area (Å²) in [6.07, 6.45) is -2.91. The molecule has 0 unspecified atom stereocenters. The van der Waals surface area contributed by atoms with Crippen molar-refractivity contribution in [2.75, 3.05) is 24.5 Å². The number of benzene rings is 2. The topological polar surface area (TPSA) is 43.8 Å². The van der Waals surface area contributed by atoms with E-state index in [1.54, 1.807) is 12.1 Å². The normalized spacial score (nSPS) is 16.5. The smallest absolute Gasteiger partial charge is 0.385 e. The maximum absolute atomic E-state index is 14.0. The van der Waals surface area contributed by atoms with Crippen molar-refractivity contribution in [3.05, 3.63) is 65.0 Å². The molecule has 4 nitrogen and oxygen atoms in total. The van der Waals surface area contributed by atoms with Gasteiger partial charge in [-0.15, -0.1) is 0 Å². The fourth-order valence-electron chi connectivity index (χ4n) is 5.12. The lowest BCUT2D eigenvalue weighted by molar-refractivity contribution is -0.137. The number of ketones is 1. The first kappa shape index (κ1) is 28.1. The van der Waals surface area contributed by atoms with Crippen LogP contribution in [0.15, 0.2) is 42.5 Å². The Kier molecular flexibility index (Phi) is 8.83. The Balaban J connectivity index is 1.58. The molecule has 0 aromatic heterocycles. The lowest BCUT2D eigenvalue weighted by Gasteiger charge is -2.38. The second kappa shape index (κ2) is 11.3. The van der Waals surface area contributed by atoms with Gasteiger partial charge < -0.3 is 14.9 Å².